The van der Waals surface area contributed by atoms with E-state index in [0.717, 1.165) is 13.0 Å². The fourth-order valence-electron chi connectivity index (χ4n) is 3.44. The largest absolute Gasteiger partial charge is 0.300 e. The predicted molar refractivity (Wildman–Crippen MR) is 107 cm³/mol. The summed E-state index contributed by atoms with van der Waals surface area (Å²) in [6.07, 6.45) is 2.34. The van der Waals surface area contributed by atoms with E-state index in [1.165, 1.54) is 28.7 Å². The molecule has 0 radical (unpaired) electrons. The molecule has 0 heterocycles. The zero-order valence-corrected chi connectivity index (χ0v) is 15.2. The van der Waals surface area contributed by atoms with Crippen LogP contribution in [0.5, 0.6) is 0 Å². The minimum atomic E-state index is -0.328. The van der Waals surface area contributed by atoms with Crippen molar-refractivity contribution >= 4 is 0 Å². The maximum atomic E-state index is 3.90. The molecule has 25 heavy (non-hydrogen) atoms. The first-order valence-corrected chi connectivity index (χ1v) is 9.20. The highest BCUT2D eigenvalue weighted by molar-refractivity contribution is 5.49. The van der Waals surface area contributed by atoms with Gasteiger partial charge in [0.25, 0.3) is 0 Å². The molecule has 0 aromatic heterocycles. The highest BCUT2D eigenvalue weighted by Gasteiger charge is 2.35. The van der Waals surface area contributed by atoms with Gasteiger partial charge in [0.15, 0.2) is 0 Å². The summed E-state index contributed by atoms with van der Waals surface area (Å²) in [5, 5.41) is 3.90. The molecule has 0 aliphatic heterocycles. The standard InChI is InChI=1S/C24H27N/c1-3-4-19-25-24(21-11-7-5-8-12-21,22-13-9-6-10-14-22)23-17-15-20(2)16-18-23/h5-18,25H,3-4,19H2,1-2H3. The summed E-state index contributed by atoms with van der Waals surface area (Å²) in [4.78, 5) is 0. The molecule has 1 heteroatoms. The molecule has 1 N–H and O–H groups in total. The van der Waals surface area contributed by atoms with Gasteiger partial charge >= 0.3 is 0 Å². The van der Waals surface area contributed by atoms with Crippen molar-refractivity contribution in [2.24, 2.45) is 0 Å². The van der Waals surface area contributed by atoms with Crippen molar-refractivity contribution in [1.29, 1.82) is 0 Å². The van der Waals surface area contributed by atoms with Crippen LogP contribution in [0.3, 0.4) is 0 Å². The smallest absolute Gasteiger partial charge is 0.0947 e. The second-order valence-corrected chi connectivity index (χ2v) is 6.63. The number of unbranched alkanes of at least 4 members (excludes halogenated alkanes) is 1. The third kappa shape index (κ3) is 3.67. The molecule has 0 aliphatic rings. The summed E-state index contributed by atoms with van der Waals surface area (Å²) in [7, 11) is 0. The molecule has 3 rings (SSSR count). The molecule has 0 aliphatic carbocycles. The van der Waals surface area contributed by atoms with Gasteiger partial charge in [-0.25, -0.2) is 0 Å². The van der Waals surface area contributed by atoms with Crippen LogP contribution in [0.4, 0.5) is 0 Å². The number of hydrogen-bond acceptors (Lipinski definition) is 1. The topological polar surface area (TPSA) is 12.0 Å². The normalized spacial score (nSPS) is 11.4. The lowest BCUT2D eigenvalue weighted by Gasteiger charge is -2.37. The van der Waals surface area contributed by atoms with E-state index in [1.54, 1.807) is 0 Å². The Balaban J connectivity index is 2.21. The van der Waals surface area contributed by atoms with Crippen molar-refractivity contribution in [3.8, 4) is 0 Å². The Bertz CT molecular complexity index is 721. The van der Waals surface area contributed by atoms with E-state index in [0.29, 0.717) is 0 Å². The summed E-state index contributed by atoms with van der Waals surface area (Å²) in [5.41, 5.74) is 4.80. The second-order valence-electron chi connectivity index (χ2n) is 6.63. The van der Waals surface area contributed by atoms with Gasteiger partial charge in [0.1, 0.15) is 0 Å². The van der Waals surface area contributed by atoms with E-state index in [2.05, 4.69) is 104 Å². The predicted octanol–water partition coefficient (Wildman–Crippen LogP) is 5.68. The quantitative estimate of drug-likeness (QED) is 0.434. The first-order valence-electron chi connectivity index (χ1n) is 9.20. The molecule has 128 valence electrons. The van der Waals surface area contributed by atoms with Crippen LogP contribution in [0, 0.1) is 6.92 Å². The molecule has 3 aromatic carbocycles. The van der Waals surface area contributed by atoms with E-state index in [9.17, 15) is 0 Å². The SMILES string of the molecule is CCCCNC(c1ccccc1)(c1ccccc1)c1ccc(C)cc1. The van der Waals surface area contributed by atoms with Crippen molar-refractivity contribution in [2.45, 2.75) is 32.2 Å². The third-order valence-corrected chi connectivity index (χ3v) is 4.82. The molecule has 0 unspecified atom stereocenters. The maximum Gasteiger partial charge on any atom is 0.0947 e. The van der Waals surface area contributed by atoms with Crippen molar-refractivity contribution in [1.82, 2.24) is 5.32 Å². The Morgan fingerprint density at radius 2 is 1.16 bits per heavy atom. The number of nitrogens with one attached hydrogen (secondary N) is 1. The van der Waals surface area contributed by atoms with E-state index in [1.807, 2.05) is 0 Å². The first kappa shape index (κ1) is 17.4. The molecule has 0 amide bonds. The van der Waals surface area contributed by atoms with Gasteiger partial charge in [-0.1, -0.05) is 104 Å². The molecule has 0 fully saturated rings. The van der Waals surface area contributed by atoms with Crippen molar-refractivity contribution < 1.29 is 0 Å². The lowest BCUT2D eigenvalue weighted by molar-refractivity contribution is 0.464. The van der Waals surface area contributed by atoms with Crippen LogP contribution in [0.15, 0.2) is 84.9 Å². The molecule has 0 saturated carbocycles. The lowest BCUT2D eigenvalue weighted by Crippen LogP contribution is -2.45. The first-order chi connectivity index (χ1) is 12.3. The highest BCUT2D eigenvalue weighted by atomic mass is 15.0. The zero-order chi connectivity index (χ0) is 17.5. The average molecular weight is 329 g/mol. The van der Waals surface area contributed by atoms with E-state index >= 15 is 0 Å². The van der Waals surface area contributed by atoms with Crippen LogP contribution in [0.1, 0.15) is 42.0 Å². The number of rotatable bonds is 7. The summed E-state index contributed by atoms with van der Waals surface area (Å²) in [6, 6.07) is 30.5. The van der Waals surface area contributed by atoms with Crippen molar-refractivity contribution in [2.75, 3.05) is 6.54 Å². The number of benzene rings is 3. The molecular formula is C24H27N. The summed E-state index contributed by atoms with van der Waals surface area (Å²) >= 11 is 0. The lowest BCUT2D eigenvalue weighted by atomic mass is 9.76. The van der Waals surface area contributed by atoms with Crippen molar-refractivity contribution in [3.05, 3.63) is 107 Å². The van der Waals surface area contributed by atoms with Crippen LogP contribution in [0.25, 0.3) is 0 Å². The van der Waals surface area contributed by atoms with Gasteiger partial charge in [-0.2, -0.15) is 0 Å². The van der Waals surface area contributed by atoms with E-state index < -0.39 is 0 Å². The van der Waals surface area contributed by atoms with Crippen LogP contribution in [-0.4, -0.2) is 6.54 Å². The minimum Gasteiger partial charge on any atom is -0.300 e. The summed E-state index contributed by atoms with van der Waals surface area (Å²) in [6.45, 7) is 5.36. The van der Waals surface area contributed by atoms with Gasteiger partial charge in [0.05, 0.1) is 5.54 Å². The fraction of sp³-hybridized carbons (Fsp3) is 0.250. The average Bonchev–Trinajstić information content (AvgIpc) is 2.68. The van der Waals surface area contributed by atoms with Gasteiger partial charge < -0.3 is 0 Å². The number of hydrogen-bond donors (Lipinski definition) is 1. The summed E-state index contributed by atoms with van der Waals surface area (Å²) < 4.78 is 0. The van der Waals surface area contributed by atoms with Crippen LogP contribution >= 0.6 is 0 Å². The van der Waals surface area contributed by atoms with Gasteiger partial charge in [0, 0.05) is 0 Å². The zero-order valence-electron chi connectivity index (χ0n) is 15.2. The van der Waals surface area contributed by atoms with Crippen LogP contribution in [-0.2, 0) is 5.54 Å². The Morgan fingerprint density at radius 3 is 1.64 bits per heavy atom. The van der Waals surface area contributed by atoms with Crippen molar-refractivity contribution in [3.63, 3.8) is 0 Å². The maximum absolute atomic E-state index is 3.90. The molecular weight excluding hydrogens is 302 g/mol. The fourth-order valence-corrected chi connectivity index (χ4v) is 3.44. The Morgan fingerprint density at radius 1 is 0.680 bits per heavy atom. The van der Waals surface area contributed by atoms with Gasteiger partial charge in [-0.3, -0.25) is 5.32 Å². The molecule has 0 bridgehead atoms. The third-order valence-electron chi connectivity index (χ3n) is 4.82. The Hall–Kier alpha value is -2.38. The van der Waals surface area contributed by atoms with Crippen LogP contribution in [0.2, 0.25) is 0 Å². The monoisotopic (exact) mass is 329 g/mol. The van der Waals surface area contributed by atoms with Crippen LogP contribution < -0.4 is 5.32 Å². The van der Waals surface area contributed by atoms with Gasteiger partial charge in [0.2, 0.25) is 0 Å². The molecule has 3 aromatic rings. The number of aryl methyl sites for hydroxylation is 1. The Kier molecular flexibility index (Phi) is 5.67. The molecule has 0 saturated heterocycles. The highest BCUT2D eigenvalue weighted by Crippen LogP contribution is 2.36. The summed E-state index contributed by atoms with van der Waals surface area (Å²) in [5.74, 6) is 0. The van der Waals surface area contributed by atoms with Gasteiger partial charge in [-0.15, -0.1) is 0 Å². The van der Waals surface area contributed by atoms with E-state index in [-0.39, 0.29) is 5.54 Å². The Labute approximate surface area is 151 Å². The van der Waals surface area contributed by atoms with Gasteiger partial charge in [-0.05, 0) is 36.6 Å². The minimum absolute atomic E-state index is 0.328. The second kappa shape index (κ2) is 8.13. The van der Waals surface area contributed by atoms with E-state index in [4.69, 9.17) is 0 Å². The molecule has 0 spiro atoms. The molecule has 1 nitrogen and oxygen atoms in total. The molecule has 0 atom stereocenters.